The molecule has 3 aromatic rings. The van der Waals surface area contributed by atoms with Gasteiger partial charge in [0.15, 0.2) is 0 Å². The Bertz CT molecular complexity index is 813. The van der Waals surface area contributed by atoms with Gasteiger partial charge < -0.3 is 9.84 Å². The maximum atomic E-state index is 10.2. The lowest BCUT2D eigenvalue weighted by Gasteiger charge is -2.14. The highest BCUT2D eigenvalue weighted by Crippen LogP contribution is 2.26. The van der Waals surface area contributed by atoms with Crippen molar-refractivity contribution in [2.45, 2.75) is 6.10 Å². The van der Waals surface area contributed by atoms with E-state index in [-0.39, 0.29) is 6.61 Å². The van der Waals surface area contributed by atoms with Crippen molar-refractivity contribution >= 4 is 10.8 Å². The van der Waals surface area contributed by atoms with Crippen LogP contribution < -0.4 is 4.74 Å². The zero-order valence-corrected chi connectivity index (χ0v) is 11.9. The van der Waals surface area contributed by atoms with Gasteiger partial charge in [0.1, 0.15) is 18.5 Å². The van der Waals surface area contributed by atoms with Gasteiger partial charge in [0, 0.05) is 5.39 Å². The molecule has 0 aromatic heterocycles. The summed E-state index contributed by atoms with van der Waals surface area (Å²) in [5.74, 6) is 0.755. The van der Waals surface area contributed by atoms with Crippen molar-refractivity contribution in [3.63, 3.8) is 0 Å². The van der Waals surface area contributed by atoms with Crippen molar-refractivity contribution in [3.8, 4) is 11.8 Å². The van der Waals surface area contributed by atoms with Gasteiger partial charge in [-0.15, -0.1) is 0 Å². The molecular formula is C19H15NO2. The highest BCUT2D eigenvalue weighted by Gasteiger charge is 2.09. The van der Waals surface area contributed by atoms with Crippen LogP contribution in [0.4, 0.5) is 0 Å². The average molecular weight is 289 g/mol. The lowest BCUT2D eigenvalue weighted by atomic mass is 10.1. The Kier molecular flexibility index (Phi) is 4.04. The fourth-order valence-corrected chi connectivity index (χ4v) is 2.37. The average Bonchev–Trinajstić information content (AvgIpc) is 2.59. The number of hydrogen-bond acceptors (Lipinski definition) is 3. The van der Waals surface area contributed by atoms with Crippen LogP contribution in [0.15, 0.2) is 66.7 Å². The van der Waals surface area contributed by atoms with E-state index in [0.717, 1.165) is 22.1 Å². The van der Waals surface area contributed by atoms with E-state index < -0.39 is 6.10 Å². The molecule has 0 bridgehead atoms. The Morgan fingerprint density at radius 3 is 2.45 bits per heavy atom. The van der Waals surface area contributed by atoms with Crippen LogP contribution in [-0.4, -0.2) is 11.7 Å². The Labute approximate surface area is 129 Å². The summed E-state index contributed by atoms with van der Waals surface area (Å²) in [7, 11) is 0. The third-order valence-corrected chi connectivity index (χ3v) is 3.57. The first-order chi connectivity index (χ1) is 10.8. The van der Waals surface area contributed by atoms with Gasteiger partial charge in [0.05, 0.1) is 11.6 Å². The summed E-state index contributed by atoms with van der Waals surface area (Å²) in [5, 5.41) is 21.1. The third-order valence-electron chi connectivity index (χ3n) is 3.57. The van der Waals surface area contributed by atoms with Crippen LogP contribution in [-0.2, 0) is 0 Å². The molecule has 3 rings (SSSR count). The fraction of sp³-hybridized carbons (Fsp3) is 0.105. The number of aliphatic hydroxyl groups excluding tert-OH is 1. The van der Waals surface area contributed by atoms with Crippen molar-refractivity contribution < 1.29 is 9.84 Å². The van der Waals surface area contributed by atoms with E-state index >= 15 is 0 Å². The second-order valence-electron chi connectivity index (χ2n) is 5.04. The van der Waals surface area contributed by atoms with Crippen LogP contribution in [0.2, 0.25) is 0 Å². The van der Waals surface area contributed by atoms with Gasteiger partial charge in [-0.25, -0.2) is 0 Å². The predicted molar refractivity (Wildman–Crippen MR) is 85.6 cm³/mol. The zero-order chi connectivity index (χ0) is 15.4. The molecule has 0 aliphatic rings. The SMILES string of the molecule is N#Cc1ccc(C(O)COc2cccc3ccccc23)cc1. The minimum atomic E-state index is -0.730. The molecule has 3 heteroatoms. The Balaban J connectivity index is 1.74. The number of nitrogens with zero attached hydrogens (tertiary/aromatic N) is 1. The summed E-state index contributed by atoms with van der Waals surface area (Å²) < 4.78 is 5.78. The van der Waals surface area contributed by atoms with Gasteiger partial charge in [-0.3, -0.25) is 0 Å². The van der Waals surface area contributed by atoms with Gasteiger partial charge in [-0.2, -0.15) is 5.26 Å². The van der Waals surface area contributed by atoms with Gasteiger partial charge >= 0.3 is 0 Å². The smallest absolute Gasteiger partial charge is 0.127 e. The molecule has 108 valence electrons. The molecule has 1 atom stereocenters. The molecule has 0 aliphatic heterocycles. The van der Waals surface area contributed by atoms with Crippen LogP contribution in [0.25, 0.3) is 10.8 Å². The summed E-state index contributed by atoms with van der Waals surface area (Å²) in [6.45, 7) is 0.167. The van der Waals surface area contributed by atoms with E-state index in [2.05, 4.69) is 6.07 Å². The number of hydrogen-bond donors (Lipinski definition) is 1. The third kappa shape index (κ3) is 2.93. The molecule has 0 radical (unpaired) electrons. The maximum absolute atomic E-state index is 10.2. The van der Waals surface area contributed by atoms with Crippen molar-refractivity contribution in [1.29, 1.82) is 5.26 Å². The van der Waals surface area contributed by atoms with Crippen molar-refractivity contribution in [2.24, 2.45) is 0 Å². The predicted octanol–water partition coefficient (Wildman–Crippen LogP) is 3.82. The molecule has 0 saturated carbocycles. The Hall–Kier alpha value is -2.83. The minimum absolute atomic E-state index is 0.167. The summed E-state index contributed by atoms with van der Waals surface area (Å²) in [4.78, 5) is 0. The van der Waals surface area contributed by atoms with Crippen molar-refractivity contribution in [2.75, 3.05) is 6.61 Å². The van der Waals surface area contributed by atoms with Crippen LogP contribution in [0.5, 0.6) is 5.75 Å². The number of ether oxygens (including phenoxy) is 1. The number of rotatable bonds is 4. The van der Waals surface area contributed by atoms with Crippen molar-refractivity contribution in [3.05, 3.63) is 77.9 Å². The summed E-state index contributed by atoms with van der Waals surface area (Å²) >= 11 is 0. The number of nitriles is 1. The molecule has 0 heterocycles. The summed E-state index contributed by atoms with van der Waals surface area (Å²) in [6, 6.07) is 22.8. The Morgan fingerprint density at radius 2 is 1.68 bits per heavy atom. The molecule has 0 fully saturated rings. The highest BCUT2D eigenvalue weighted by atomic mass is 16.5. The standard InChI is InChI=1S/C19H15NO2/c20-12-14-8-10-16(11-9-14)18(21)13-22-19-7-3-5-15-4-1-2-6-17(15)19/h1-11,18,21H,13H2. The van der Waals surface area contributed by atoms with Gasteiger partial charge in [0.25, 0.3) is 0 Å². The molecular weight excluding hydrogens is 274 g/mol. The Morgan fingerprint density at radius 1 is 0.955 bits per heavy atom. The zero-order valence-electron chi connectivity index (χ0n) is 11.9. The van der Waals surface area contributed by atoms with Crippen LogP contribution >= 0.6 is 0 Å². The molecule has 0 amide bonds. The molecule has 0 spiro atoms. The van der Waals surface area contributed by atoms with Gasteiger partial charge in [-0.1, -0.05) is 48.5 Å². The van der Waals surface area contributed by atoms with Crippen LogP contribution in [0, 0.1) is 11.3 Å². The second-order valence-corrected chi connectivity index (χ2v) is 5.04. The monoisotopic (exact) mass is 289 g/mol. The number of benzene rings is 3. The van der Waals surface area contributed by atoms with E-state index in [1.165, 1.54) is 0 Å². The largest absolute Gasteiger partial charge is 0.490 e. The van der Waals surface area contributed by atoms with E-state index in [1.54, 1.807) is 24.3 Å². The highest BCUT2D eigenvalue weighted by molar-refractivity contribution is 5.88. The second kappa shape index (κ2) is 6.30. The summed E-state index contributed by atoms with van der Waals surface area (Å²) in [5.41, 5.74) is 1.31. The topological polar surface area (TPSA) is 53.2 Å². The first-order valence-corrected chi connectivity index (χ1v) is 7.06. The van der Waals surface area contributed by atoms with E-state index in [4.69, 9.17) is 10.00 Å². The normalized spacial score (nSPS) is 11.8. The molecule has 3 aromatic carbocycles. The van der Waals surface area contributed by atoms with Crippen LogP contribution in [0.3, 0.4) is 0 Å². The summed E-state index contributed by atoms with van der Waals surface area (Å²) in [6.07, 6.45) is -0.730. The van der Waals surface area contributed by atoms with Gasteiger partial charge in [0.2, 0.25) is 0 Å². The fourth-order valence-electron chi connectivity index (χ4n) is 2.37. The van der Waals surface area contributed by atoms with E-state index in [0.29, 0.717) is 5.56 Å². The number of fused-ring (bicyclic) bond motifs is 1. The first-order valence-electron chi connectivity index (χ1n) is 7.06. The van der Waals surface area contributed by atoms with Crippen LogP contribution in [0.1, 0.15) is 17.2 Å². The molecule has 0 saturated heterocycles. The first kappa shape index (κ1) is 14.1. The quantitative estimate of drug-likeness (QED) is 0.794. The molecule has 3 nitrogen and oxygen atoms in total. The van der Waals surface area contributed by atoms with Gasteiger partial charge in [-0.05, 0) is 29.1 Å². The molecule has 1 unspecified atom stereocenters. The molecule has 0 aliphatic carbocycles. The van der Waals surface area contributed by atoms with Crippen molar-refractivity contribution in [1.82, 2.24) is 0 Å². The molecule has 22 heavy (non-hydrogen) atoms. The van der Waals surface area contributed by atoms with E-state index in [1.807, 2.05) is 42.5 Å². The lowest BCUT2D eigenvalue weighted by Crippen LogP contribution is -2.09. The minimum Gasteiger partial charge on any atom is -0.490 e. The molecule has 1 N–H and O–H groups in total. The maximum Gasteiger partial charge on any atom is 0.127 e. The lowest BCUT2D eigenvalue weighted by molar-refractivity contribution is 0.109. The number of aliphatic hydroxyl groups is 1. The van der Waals surface area contributed by atoms with E-state index in [9.17, 15) is 5.11 Å².